The monoisotopic (exact) mass is 239 g/mol. The van der Waals surface area contributed by atoms with Crippen LogP contribution in [0.3, 0.4) is 0 Å². The third-order valence-corrected chi connectivity index (χ3v) is 3.27. The molecule has 5 heteroatoms. The van der Waals surface area contributed by atoms with Crippen molar-refractivity contribution < 1.29 is 4.74 Å². The SMILES string of the molecule is COCCNC(=S)N/N=C1/C[C@H]2CC=C[C@@H]12. The highest BCUT2D eigenvalue weighted by Crippen LogP contribution is 2.39. The molecule has 0 aromatic rings. The first kappa shape index (κ1) is 11.5. The van der Waals surface area contributed by atoms with Crippen LogP contribution in [0.1, 0.15) is 12.8 Å². The Morgan fingerprint density at radius 1 is 1.69 bits per heavy atom. The van der Waals surface area contributed by atoms with Crippen LogP contribution in [0.5, 0.6) is 0 Å². The summed E-state index contributed by atoms with van der Waals surface area (Å²) in [7, 11) is 1.67. The number of thiocarbonyl (C=S) groups is 1. The van der Waals surface area contributed by atoms with E-state index in [9.17, 15) is 0 Å². The largest absolute Gasteiger partial charge is 0.383 e. The van der Waals surface area contributed by atoms with Gasteiger partial charge < -0.3 is 10.1 Å². The molecule has 2 aliphatic rings. The van der Waals surface area contributed by atoms with E-state index >= 15 is 0 Å². The van der Waals surface area contributed by atoms with Gasteiger partial charge in [-0.1, -0.05) is 12.2 Å². The molecule has 16 heavy (non-hydrogen) atoms. The van der Waals surface area contributed by atoms with Gasteiger partial charge >= 0.3 is 0 Å². The second kappa shape index (κ2) is 5.41. The summed E-state index contributed by atoms with van der Waals surface area (Å²) in [6.07, 6.45) is 6.80. The van der Waals surface area contributed by atoms with E-state index in [1.54, 1.807) is 7.11 Å². The zero-order chi connectivity index (χ0) is 11.4. The Kier molecular flexibility index (Phi) is 3.90. The molecular formula is C11H17N3OS. The average Bonchev–Trinajstić information content (AvgIpc) is 2.61. The van der Waals surface area contributed by atoms with E-state index < -0.39 is 0 Å². The Balaban J connectivity index is 1.69. The van der Waals surface area contributed by atoms with Gasteiger partial charge in [-0.25, -0.2) is 0 Å². The van der Waals surface area contributed by atoms with Gasteiger partial charge in [0.2, 0.25) is 0 Å². The van der Waals surface area contributed by atoms with E-state index in [-0.39, 0.29) is 0 Å². The molecule has 1 saturated carbocycles. The summed E-state index contributed by atoms with van der Waals surface area (Å²) < 4.78 is 4.91. The van der Waals surface area contributed by atoms with Crippen LogP contribution in [0.2, 0.25) is 0 Å². The van der Waals surface area contributed by atoms with E-state index in [4.69, 9.17) is 17.0 Å². The summed E-state index contributed by atoms with van der Waals surface area (Å²) in [5.41, 5.74) is 4.09. The fourth-order valence-corrected chi connectivity index (χ4v) is 2.24. The molecule has 0 bridgehead atoms. The third-order valence-electron chi connectivity index (χ3n) is 3.04. The number of hydrazone groups is 1. The summed E-state index contributed by atoms with van der Waals surface area (Å²) in [6, 6.07) is 0. The van der Waals surface area contributed by atoms with Crippen LogP contribution < -0.4 is 10.7 Å². The van der Waals surface area contributed by atoms with Crippen LogP contribution >= 0.6 is 12.2 Å². The molecule has 0 spiro atoms. The molecule has 0 saturated heterocycles. The van der Waals surface area contributed by atoms with Crippen molar-refractivity contribution in [3.63, 3.8) is 0 Å². The quantitative estimate of drug-likeness (QED) is 0.333. The van der Waals surface area contributed by atoms with Crippen molar-refractivity contribution in [2.24, 2.45) is 16.9 Å². The summed E-state index contributed by atoms with van der Waals surface area (Å²) >= 11 is 5.07. The molecule has 2 atom stereocenters. The highest BCUT2D eigenvalue weighted by atomic mass is 32.1. The Hall–Kier alpha value is -0.940. The fourth-order valence-electron chi connectivity index (χ4n) is 2.09. The summed E-state index contributed by atoms with van der Waals surface area (Å²) in [5.74, 6) is 1.37. The summed E-state index contributed by atoms with van der Waals surface area (Å²) in [6.45, 7) is 1.35. The van der Waals surface area contributed by atoms with Crippen LogP contribution in [-0.2, 0) is 4.74 Å². The number of hydrogen-bond donors (Lipinski definition) is 2. The molecule has 2 aliphatic carbocycles. The van der Waals surface area contributed by atoms with Gasteiger partial charge in [-0.05, 0) is 31.0 Å². The molecule has 4 nitrogen and oxygen atoms in total. The fraction of sp³-hybridized carbons (Fsp3) is 0.636. The van der Waals surface area contributed by atoms with Crippen molar-refractivity contribution in [1.82, 2.24) is 10.7 Å². The molecule has 1 fully saturated rings. The van der Waals surface area contributed by atoms with E-state index in [0.29, 0.717) is 24.2 Å². The number of nitrogens with zero attached hydrogens (tertiary/aromatic N) is 1. The van der Waals surface area contributed by atoms with E-state index in [1.807, 2.05) is 0 Å². The first-order chi connectivity index (χ1) is 7.81. The normalized spacial score (nSPS) is 28.7. The number of rotatable bonds is 4. The maximum absolute atomic E-state index is 5.07. The lowest BCUT2D eigenvalue weighted by Gasteiger charge is -2.31. The van der Waals surface area contributed by atoms with Crippen molar-refractivity contribution >= 4 is 23.0 Å². The van der Waals surface area contributed by atoms with Crippen molar-refractivity contribution in [2.45, 2.75) is 12.8 Å². The molecule has 0 aromatic heterocycles. The molecule has 0 radical (unpaired) electrons. The number of fused-ring (bicyclic) bond motifs is 1. The maximum Gasteiger partial charge on any atom is 0.187 e. The zero-order valence-electron chi connectivity index (χ0n) is 9.40. The number of methoxy groups -OCH3 is 1. The minimum absolute atomic E-state index is 0.564. The first-order valence-corrected chi connectivity index (χ1v) is 5.98. The van der Waals surface area contributed by atoms with Crippen LogP contribution in [0.25, 0.3) is 0 Å². The summed E-state index contributed by atoms with van der Waals surface area (Å²) in [5, 5.41) is 7.90. The topological polar surface area (TPSA) is 45.6 Å². The van der Waals surface area contributed by atoms with Crippen LogP contribution in [0.15, 0.2) is 17.3 Å². The van der Waals surface area contributed by atoms with Gasteiger partial charge in [-0.15, -0.1) is 0 Å². The smallest absolute Gasteiger partial charge is 0.187 e. The molecule has 0 aromatic carbocycles. The van der Waals surface area contributed by atoms with E-state index in [2.05, 4.69) is 28.0 Å². The molecule has 0 amide bonds. The minimum Gasteiger partial charge on any atom is -0.383 e. The Morgan fingerprint density at radius 3 is 3.31 bits per heavy atom. The van der Waals surface area contributed by atoms with Crippen LogP contribution in [0.4, 0.5) is 0 Å². The Labute approximate surface area is 101 Å². The van der Waals surface area contributed by atoms with Gasteiger partial charge in [0, 0.05) is 25.3 Å². The molecule has 0 heterocycles. The van der Waals surface area contributed by atoms with Crippen LogP contribution in [-0.4, -0.2) is 31.1 Å². The number of nitrogens with one attached hydrogen (secondary N) is 2. The maximum atomic E-state index is 5.07. The van der Waals surface area contributed by atoms with Gasteiger partial charge in [0.25, 0.3) is 0 Å². The molecular weight excluding hydrogens is 222 g/mol. The second-order valence-electron chi connectivity index (χ2n) is 4.12. The number of allylic oxidation sites excluding steroid dienone is 2. The van der Waals surface area contributed by atoms with Gasteiger partial charge in [0.05, 0.1) is 6.61 Å². The highest BCUT2D eigenvalue weighted by molar-refractivity contribution is 7.80. The second-order valence-corrected chi connectivity index (χ2v) is 4.53. The average molecular weight is 239 g/mol. The standard InChI is InChI=1S/C11H17N3OS/c1-15-6-5-12-11(16)14-13-10-7-8-3-2-4-9(8)10/h2,4,8-9H,3,5-7H2,1H3,(H2,12,14,16)/b13-10-/t8-,9-/m1/s1. The van der Waals surface area contributed by atoms with Gasteiger partial charge in [-0.2, -0.15) is 5.10 Å². The zero-order valence-corrected chi connectivity index (χ0v) is 10.2. The van der Waals surface area contributed by atoms with Gasteiger partial charge in [-0.3, -0.25) is 5.43 Å². The highest BCUT2D eigenvalue weighted by Gasteiger charge is 2.37. The lowest BCUT2D eigenvalue weighted by atomic mass is 9.74. The molecule has 2 N–H and O–H groups in total. The molecule has 0 unspecified atom stereocenters. The van der Waals surface area contributed by atoms with Crippen molar-refractivity contribution in [1.29, 1.82) is 0 Å². The molecule has 2 rings (SSSR count). The number of ether oxygens (including phenoxy) is 1. The van der Waals surface area contributed by atoms with Crippen molar-refractivity contribution in [2.75, 3.05) is 20.3 Å². The lowest BCUT2D eigenvalue weighted by Crippen LogP contribution is -2.39. The third kappa shape index (κ3) is 2.59. The van der Waals surface area contributed by atoms with E-state index in [0.717, 1.165) is 12.3 Å². The van der Waals surface area contributed by atoms with Crippen molar-refractivity contribution in [3.8, 4) is 0 Å². The Bertz CT molecular complexity index is 327. The number of hydrogen-bond acceptors (Lipinski definition) is 3. The first-order valence-electron chi connectivity index (χ1n) is 5.57. The Morgan fingerprint density at radius 2 is 2.56 bits per heavy atom. The predicted molar refractivity (Wildman–Crippen MR) is 68.4 cm³/mol. The van der Waals surface area contributed by atoms with Crippen LogP contribution in [0, 0.1) is 11.8 Å². The molecule has 0 aliphatic heterocycles. The summed E-state index contributed by atoms with van der Waals surface area (Å²) in [4.78, 5) is 0. The van der Waals surface area contributed by atoms with Gasteiger partial charge in [0.15, 0.2) is 5.11 Å². The predicted octanol–water partition coefficient (Wildman–Crippen LogP) is 1.05. The van der Waals surface area contributed by atoms with Gasteiger partial charge in [0.1, 0.15) is 0 Å². The van der Waals surface area contributed by atoms with E-state index in [1.165, 1.54) is 12.1 Å². The van der Waals surface area contributed by atoms with Crippen molar-refractivity contribution in [3.05, 3.63) is 12.2 Å². The lowest BCUT2D eigenvalue weighted by molar-refractivity contribution is 0.204. The molecule has 88 valence electrons. The minimum atomic E-state index is 0.564.